The molecule has 0 unspecified atom stereocenters. The number of benzene rings is 1. The van der Waals surface area contributed by atoms with E-state index >= 15 is 0 Å². The van der Waals surface area contributed by atoms with Crippen LogP contribution in [0.25, 0.3) is 10.6 Å². The van der Waals surface area contributed by atoms with Gasteiger partial charge in [-0.25, -0.2) is 13.4 Å². The van der Waals surface area contributed by atoms with E-state index in [-0.39, 0.29) is 12.5 Å². The van der Waals surface area contributed by atoms with Crippen molar-refractivity contribution in [2.75, 3.05) is 13.1 Å². The standard InChI is InChI=1S/C19H19N3O3S3/c23-18(16-13-26-19(21-16)14-6-2-1-3-7-14)20-12-15-8-9-17(27-15)28(24,25)22-10-4-5-11-22/h1-3,6-9,13H,4-5,10-12H2,(H,20,23). The molecular formula is C19H19N3O3S3. The van der Waals surface area contributed by atoms with Gasteiger partial charge in [0.2, 0.25) is 0 Å². The van der Waals surface area contributed by atoms with Gasteiger partial charge >= 0.3 is 0 Å². The van der Waals surface area contributed by atoms with Crippen LogP contribution in [0.1, 0.15) is 28.2 Å². The number of thiazole rings is 1. The van der Waals surface area contributed by atoms with Crippen LogP contribution >= 0.6 is 22.7 Å². The molecule has 0 atom stereocenters. The van der Waals surface area contributed by atoms with Gasteiger partial charge in [0.15, 0.2) is 0 Å². The van der Waals surface area contributed by atoms with E-state index in [9.17, 15) is 13.2 Å². The third-order valence-electron chi connectivity index (χ3n) is 4.48. The molecule has 146 valence electrons. The number of hydrogen-bond donors (Lipinski definition) is 1. The molecule has 3 heterocycles. The summed E-state index contributed by atoms with van der Waals surface area (Å²) >= 11 is 2.62. The average molecular weight is 434 g/mol. The van der Waals surface area contributed by atoms with Crippen LogP contribution < -0.4 is 5.32 Å². The van der Waals surface area contributed by atoms with Crippen LogP contribution in [0.5, 0.6) is 0 Å². The van der Waals surface area contributed by atoms with Gasteiger partial charge in [-0.05, 0) is 25.0 Å². The molecule has 1 N–H and O–H groups in total. The number of nitrogens with one attached hydrogen (secondary N) is 1. The topological polar surface area (TPSA) is 79.4 Å². The minimum Gasteiger partial charge on any atom is -0.346 e. The van der Waals surface area contributed by atoms with E-state index in [1.54, 1.807) is 17.5 Å². The molecule has 28 heavy (non-hydrogen) atoms. The Labute approximate surface area is 171 Å². The largest absolute Gasteiger partial charge is 0.346 e. The van der Waals surface area contributed by atoms with Crippen LogP contribution in [-0.2, 0) is 16.6 Å². The first-order valence-electron chi connectivity index (χ1n) is 8.92. The van der Waals surface area contributed by atoms with Crippen molar-refractivity contribution in [3.8, 4) is 10.6 Å². The molecule has 1 aliphatic rings. The summed E-state index contributed by atoms with van der Waals surface area (Å²) in [6.07, 6.45) is 1.82. The highest BCUT2D eigenvalue weighted by Crippen LogP contribution is 2.27. The lowest BCUT2D eigenvalue weighted by Gasteiger charge is -2.13. The Hall–Kier alpha value is -2.07. The van der Waals surface area contributed by atoms with Crippen LogP contribution in [0, 0.1) is 0 Å². The van der Waals surface area contributed by atoms with Crippen LogP contribution in [0.3, 0.4) is 0 Å². The number of carbonyl (C=O) groups is 1. The summed E-state index contributed by atoms with van der Waals surface area (Å²) in [5.74, 6) is -0.268. The summed E-state index contributed by atoms with van der Waals surface area (Å²) < 4.78 is 27.0. The molecule has 6 nitrogen and oxygen atoms in total. The molecule has 1 fully saturated rings. The molecule has 0 radical (unpaired) electrons. The molecule has 1 amide bonds. The fraction of sp³-hybridized carbons (Fsp3) is 0.263. The zero-order valence-corrected chi connectivity index (χ0v) is 17.4. The van der Waals surface area contributed by atoms with E-state index in [4.69, 9.17) is 0 Å². The van der Waals surface area contributed by atoms with E-state index in [0.29, 0.717) is 23.0 Å². The maximum atomic E-state index is 12.6. The van der Waals surface area contributed by atoms with Gasteiger partial charge < -0.3 is 5.32 Å². The van der Waals surface area contributed by atoms with Crippen LogP contribution in [0.15, 0.2) is 52.1 Å². The van der Waals surface area contributed by atoms with Gasteiger partial charge in [-0.1, -0.05) is 30.3 Å². The highest BCUT2D eigenvalue weighted by atomic mass is 32.2. The Morgan fingerprint density at radius 2 is 1.86 bits per heavy atom. The molecular weight excluding hydrogens is 414 g/mol. The summed E-state index contributed by atoms with van der Waals surface area (Å²) in [4.78, 5) is 17.6. The molecule has 1 aliphatic heterocycles. The number of rotatable bonds is 6. The zero-order valence-electron chi connectivity index (χ0n) is 15.0. The molecule has 1 saturated heterocycles. The first kappa shape index (κ1) is 19.3. The molecule has 2 aromatic heterocycles. The fourth-order valence-electron chi connectivity index (χ4n) is 3.00. The minimum atomic E-state index is -3.41. The normalized spacial score (nSPS) is 15.0. The van der Waals surface area contributed by atoms with Crippen molar-refractivity contribution in [1.82, 2.24) is 14.6 Å². The lowest BCUT2D eigenvalue weighted by atomic mass is 10.2. The lowest BCUT2D eigenvalue weighted by Crippen LogP contribution is -2.27. The molecule has 1 aromatic carbocycles. The second-order valence-corrected chi connectivity index (χ2v) is 10.6. The maximum absolute atomic E-state index is 12.6. The second-order valence-electron chi connectivity index (χ2n) is 6.42. The molecule has 9 heteroatoms. The molecule has 4 rings (SSSR count). The zero-order chi connectivity index (χ0) is 19.6. The molecule has 0 spiro atoms. The van der Waals surface area contributed by atoms with Crippen molar-refractivity contribution in [2.45, 2.75) is 23.6 Å². The molecule has 0 saturated carbocycles. The van der Waals surface area contributed by atoms with E-state index in [0.717, 1.165) is 28.3 Å². The molecule has 0 bridgehead atoms. The van der Waals surface area contributed by atoms with E-state index in [1.165, 1.54) is 27.0 Å². The van der Waals surface area contributed by atoms with Gasteiger partial charge in [0.1, 0.15) is 14.9 Å². The highest BCUT2D eigenvalue weighted by Gasteiger charge is 2.28. The summed E-state index contributed by atoms with van der Waals surface area (Å²) in [5.41, 5.74) is 1.34. The number of hydrogen-bond acceptors (Lipinski definition) is 6. The third-order valence-corrected chi connectivity index (χ3v) is 8.82. The number of carbonyl (C=O) groups excluding carboxylic acids is 1. The van der Waals surface area contributed by atoms with Gasteiger partial charge in [0, 0.05) is 28.9 Å². The van der Waals surface area contributed by atoms with Gasteiger partial charge in [-0.3, -0.25) is 4.79 Å². The summed E-state index contributed by atoms with van der Waals surface area (Å²) in [6.45, 7) is 1.44. The quantitative estimate of drug-likeness (QED) is 0.644. The molecule has 3 aromatic rings. The third kappa shape index (κ3) is 4.02. The average Bonchev–Trinajstić information content (AvgIpc) is 3.48. The SMILES string of the molecule is O=C(NCc1ccc(S(=O)(=O)N2CCCC2)s1)c1csc(-c2ccccc2)n1. The monoisotopic (exact) mass is 433 g/mol. The Kier molecular flexibility index (Phi) is 5.58. The van der Waals surface area contributed by atoms with Gasteiger partial charge in [0.25, 0.3) is 15.9 Å². The van der Waals surface area contributed by atoms with Crippen molar-refractivity contribution >= 4 is 38.6 Å². The van der Waals surface area contributed by atoms with Gasteiger partial charge in [-0.15, -0.1) is 22.7 Å². The van der Waals surface area contributed by atoms with Crippen molar-refractivity contribution in [3.63, 3.8) is 0 Å². The summed E-state index contributed by atoms with van der Waals surface area (Å²) in [7, 11) is -3.41. The number of aromatic nitrogens is 1. The summed E-state index contributed by atoms with van der Waals surface area (Å²) in [6, 6.07) is 13.1. The number of sulfonamides is 1. The second kappa shape index (κ2) is 8.12. The van der Waals surface area contributed by atoms with Crippen molar-refractivity contribution < 1.29 is 13.2 Å². The van der Waals surface area contributed by atoms with Crippen molar-refractivity contribution in [3.05, 3.63) is 58.4 Å². The Morgan fingerprint density at radius 3 is 2.61 bits per heavy atom. The minimum absolute atomic E-state index is 0.268. The first-order valence-corrected chi connectivity index (χ1v) is 12.1. The van der Waals surface area contributed by atoms with Crippen molar-refractivity contribution in [1.29, 1.82) is 0 Å². The van der Waals surface area contributed by atoms with E-state index in [1.807, 2.05) is 30.3 Å². The number of nitrogens with zero attached hydrogens (tertiary/aromatic N) is 2. The Bertz CT molecular complexity index is 1070. The Morgan fingerprint density at radius 1 is 1.11 bits per heavy atom. The summed E-state index contributed by atoms with van der Waals surface area (Å²) in [5, 5.41) is 5.35. The lowest BCUT2D eigenvalue weighted by molar-refractivity contribution is 0.0947. The maximum Gasteiger partial charge on any atom is 0.271 e. The predicted molar refractivity (Wildman–Crippen MR) is 111 cm³/mol. The Balaban J connectivity index is 1.39. The van der Waals surface area contributed by atoms with E-state index < -0.39 is 10.0 Å². The van der Waals surface area contributed by atoms with Crippen LogP contribution in [0.4, 0.5) is 0 Å². The fourth-order valence-corrected chi connectivity index (χ4v) is 6.77. The number of amides is 1. The van der Waals surface area contributed by atoms with E-state index in [2.05, 4.69) is 10.3 Å². The predicted octanol–water partition coefficient (Wildman–Crippen LogP) is 3.59. The van der Waals surface area contributed by atoms with Gasteiger partial charge in [0.05, 0.1) is 6.54 Å². The highest BCUT2D eigenvalue weighted by molar-refractivity contribution is 7.91. The van der Waals surface area contributed by atoms with Crippen molar-refractivity contribution in [2.24, 2.45) is 0 Å². The van der Waals surface area contributed by atoms with Crippen LogP contribution in [0.2, 0.25) is 0 Å². The van der Waals surface area contributed by atoms with Crippen LogP contribution in [-0.4, -0.2) is 36.7 Å². The smallest absolute Gasteiger partial charge is 0.271 e. The first-order chi connectivity index (χ1) is 13.5. The molecule has 0 aliphatic carbocycles. The number of thiophene rings is 1. The van der Waals surface area contributed by atoms with Gasteiger partial charge in [-0.2, -0.15) is 4.31 Å².